The van der Waals surface area contributed by atoms with E-state index >= 15 is 0 Å². The van der Waals surface area contributed by atoms with Crippen LogP contribution in [0.25, 0.3) is 11.0 Å². The predicted molar refractivity (Wildman–Crippen MR) is 185 cm³/mol. The van der Waals surface area contributed by atoms with Gasteiger partial charge in [0.2, 0.25) is 0 Å². The molecule has 2 bridgehead atoms. The quantitative estimate of drug-likeness (QED) is 0.178. The van der Waals surface area contributed by atoms with Crippen molar-refractivity contribution in [1.29, 1.82) is 0 Å². The summed E-state index contributed by atoms with van der Waals surface area (Å²) in [6.07, 6.45) is 7.88. The van der Waals surface area contributed by atoms with Crippen molar-refractivity contribution in [3.63, 3.8) is 0 Å². The molecule has 1 aromatic heterocycles. The van der Waals surface area contributed by atoms with Gasteiger partial charge in [0.1, 0.15) is 5.82 Å². The number of imidazole rings is 1. The molecule has 0 radical (unpaired) electrons. The number of rotatable bonds is 7. The Hall–Kier alpha value is -4.50. The van der Waals surface area contributed by atoms with E-state index in [1.165, 1.54) is 49.4 Å². The molecule has 252 valence electrons. The molecule has 3 fully saturated rings. The van der Waals surface area contributed by atoms with Gasteiger partial charge in [-0.25, -0.2) is 9.78 Å². The number of methoxy groups -OCH3 is 1. The molecule has 3 atom stereocenters. The zero-order valence-electron chi connectivity index (χ0n) is 28.2. The van der Waals surface area contributed by atoms with Crippen molar-refractivity contribution in [2.24, 2.45) is 0 Å². The van der Waals surface area contributed by atoms with Crippen LogP contribution in [-0.4, -0.2) is 81.6 Å². The lowest BCUT2D eigenvalue weighted by Gasteiger charge is -2.45. The third-order valence-electron chi connectivity index (χ3n) is 11.0. The Labute approximate surface area is 282 Å². The van der Waals surface area contributed by atoms with Gasteiger partial charge in [0, 0.05) is 36.8 Å². The summed E-state index contributed by atoms with van der Waals surface area (Å²) >= 11 is 0. The van der Waals surface area contributed by atoms with E-state index in [9.17, 15) is 9.59 Å². The summed E-state index contributed by atoms with van der Waals surface area (Å²) in [4.78, 5) is 43.7. The second kappa shape index (κ2) is 14.3. The van der Waals surface area contributed by atoms with Crippen LogP contribution < -0.4 is 0 Å². The molecule has 0 spiro atoms. The number of aryl methyl sites for hydroxylation is 2. The van der Waals surface area contributed by atoms with Gasteiger partial charge >= 0.3 is 5.97 Å². The minimum absolute atomic E-state index is 0.0132. The number of benzene rings is 3. The van der Waals surface area contributed by atoms with Gasteiger partial charge < -0.3 is 19.3 Å². The van der Waals surface area contributed by atoms with Gasteiger partial charge in [0.05, 0.1) is 23.7 Å². The zero-order valence-corrected chi connectivity index (χ0v) is 28.2. The molecule has 48 heavy (non-hydrogen) atoms. The summed E-state index contributed by atoms with van der Waals surface area (Å²) in [7, 11) is 1.36. The summed E-state index contributed by atoms with van der Waals surface area (Å²) in [6.45, 7) is 6.56. The number of aromatic nitrogens is 2. The molecular weight excluding hydrogens is 604 g/mol. The molecule has 3 aliphatic heterocycles. The molecule has 4 aromatic rings. The van der Waals surface area contributed by atoms with Crippen LogP contribution in [0.5, 0.6) is 0 Å². The molecule has 1 N–H and O–H groups in total. The Morgan fingerprint density at radius 1 is 0.917 bits per heavy atom. The van der Waals surface area contributed by atoms with E-state index in [2.05, 4.69) is 71.8 Å². The first-order chi connectivity index (χ1) is 23.3. The summed E-state index contributed by atoms with van der Waals surface area (Å²) < 4.78 is 7.39. The topological polar surface area (TPSA) is 105 Å². The third kappa shape index (κ3) is 6.61. The van der Waals surface area contributed by atoms with Gasteiger partial charge in [-0.2, -0.15) is 0 Å². The number of likely N-dealkylation sites (tertiary alicyclic amines) is 1. The highest BCUT2D eigenvalue weighted by molar-refractivity contribution is 5.98. The molecule has 9 nitrogen and oxygen atoms in total. The number of hydrogen-bond acceptors (Lipinski definition) is 6. The fraction of sp³-hybridized carbons (Fsp3) is 0.436. The van der Waals surface area contributed by atoms with Gasteiger partial charge in [0.15, 0.2) is 0 Å². The molecule has 7 rings (SSSR count). The second-order valence-electron chi connectivity index (χ2n) is 13.6. The lowest BCUT2D eigenvalue weighted by Crippen LogP contribution is -2.49. The SMILES string of the molecule is COC(=O)c1cccc(C(=O)N2CCC(CCN3[C@@H]4CC[C@H]3CC(n3c(C)nc5ccccc53)C4)(c3ccc(C)cc3)CC2)c1.O=CO. The van der Waals surface area contributed by atoms with Crippen LogP contribution in [0.2, 0.25) is 0 Å². The van der Waals surface area contributed by atoms with Crippen molar-refractivity contribution in [3.8, 4) is 0 Å². The number of amides is 1. The number of hydrogen-bond donors (Lipinski definition) is 1. The first-order valence-corrected chi connectivity index (χ1v) is 17.1. The van der Waals surface area contributed by atoms with E-state index in [1.807, 2.05) is 4.90 Å². The maximum Gasteiger partial charge on any atom is 0.337 e. The van der Waals surface area contributed by atoms with Crippen molar-refractivity contribution >= 4 is 29.4 Å². The Bertz CT molecular complexity index is 1740. The number of esters is 1. The largest absolute Gasteiger partial charge is 0.483 e. The van der Waals surface area contributed by atoms with Crippen LogP contribution in [0.4, 0.5) is 0 Å². The number of piperidine rings is 2. The van der Waals surface area contributed by atoms with Crippen LogP contribution in [0.15, 0.2) is 72.8 Å². The summed E-state index contributed by atoms with van der Waals surface area (Å²) in [5, 5.41) is 6.89. The van der Waals surface area contributed by atoms with E-state index in [0.717, 1.165) is 37.1 Å². The van der Waals surface area contributed by atoms with Gasteiger partial charge in [-0.05, 0) is 107 Å². The maximum atomic E-state index is 13.5. The van der Waals surface area contributed by atoms with Crippen molar-refractivity contribution in [2.45, 2.75) is 82.3 Å². The van der Waals surface area contributed by atoms with E-state index in [0.29, 0.717) is 42.3 Å². The van der Waals surface area contributed by atoms with Gasteiger partial charge in [-0.1, -0.05) is 48.0 Å². The number of carboxylic acid groups (broad SMARTS) is 1. The highest BCUT2D eigenvalue weighted by atomic mass is 16.5. The summed E-state index contributed by atoms with van der Waals surface area (Å²) in [5.41, 5.74) is 6.02. The van der Waals surface area contributed by atoms with E-state index in [-0.39, 0.29) is 17.8 Å². The minimum atomic E-state index is -0.423. The third-order valence-corrected chi connectivity index (χ3v) is 11.0. The van der Waals surface area contributed by atoms with Gasteiger partial charge in [-0.15, -0.1) is 0 Å². The van der Waals surface area contributed by atoms with Gasteiger partial charge in [-0.3, -0.25) is 14.5 Å². The Morgan fingerprint density at radius 2 is 1.56 bits per heavy atom. The van der Waals surface area contributed by atoms with E-state index < -0.39 is 5.97 Å². The molecule has 3 saturated heterocycles. The second-order valence-corrected chi connectivity index (χ2v) is 13.6. The molecule has 1 unspecified atom stereocenters. The number of carbonyl (C=O) groups is 3. The Balaban J connectivity index is 0.00000129. The number of fused-ring (bicyclic) bond motifs is 3. The molecule has 0 saturated carbocycles. The lowest BCUT2D eigenvalue weighted by molar-refractivity contribution is -0.122. The molecule has 3 aromatic carbocycles. The average molecular weight is 651 g/mol. The fourth-order valence-electron chi connectivity index (χ4n) is 8.60. The van der Waals surface area contributed by atoms with Crippen LogP contribution >= 0.6 is 0 Å². The Morgan fingerprint density at radius 3 is 2.23 bits per heavy atom. The number of carbonyl (C=O) groups excluding carboxylic acids is 2. The summed E-state index contributed by atoms with van der Waals surface area (Å²) in [6, 6.07) is 26.3. The van der Waals surface area contributed by atoms with Crippen LogP contribution in [-0.2, 0) is 14.9 Å². The highest BCUT2D eigenvalue weighted by Crippen LogP contribution is 2.45. The molecule has 0 aliphatic carbocycles. The number of para-hydroxylation sites is 2. The average Bonchev–Trinajstić information content (AvgIpc) is 3.57. The first kappa shape index (κ1) is 33.4. The monoisotopic (exact) mass is 650 g/mol. The number of nitrogens with zero attached hydrogens (tertiary/aromatic N) is 4. The molecular formula is C39H46N4O5. The number of ether oxygens (including phenoxy) is 1. The summed E-state index contributed by atoms with van der Waals surface area (Å²) in [5.74, 6) is 0.694. The highest BCUT2D eigenvalue weighted by Gasteiger charge is 2.44. The standard InChI is InChI=1S/C38H44N4O3.CH2O2/c1-26-11-13-30(14-12-26)38(17-20-40(21-18-38)36(43)28-7-6-8-29(23-28)37(44)45-3)19-22-41-31-15-16-32(41)25-33(24-31)42-27(2)39-34-9-4-5-10-35(34)42;2-1-3/h4-14,23,31-33H,15-22,24-25H2,1-3H3;1H,(H,2,3)/t31-,32+,33?;. The first-order valence-electron chi connectivity index (χ1n) is 17.1. The lowest BCUT2D eigenvalue weighted by atomic mass is 9.70. The van der Waals surface area contributed by atoms with E-state index in [4.69, 9.17) is 19.6 Å². The normalized spacial score (nSPS) is 21.7. The van der Waals surface area contributed by atoms with Crippen molar-refractivity contribution < 1.29 is 24.2 Å². The maximum absolute atomic E-state index is 13.5. The molecule has 1 amide bonds. The van der Waals surface area contributed by atoms with Crippen LogP contribution in [0.1, 0.15) is 88.7 Å². The molecule has 3 aliphatic rings. The predicted octanol–water partition coefficient (Wildman–Crippen LogP) is 6.57. The minimum Gasteiger partial charge on any atom is -0.483 e. The van der Waals surface area contributed by atoms with Crippen LogP contribution in [0, 0.1) is 13.8 Å². The molecule has 4 heterocycles. The van der Waals surface area contributed by atoms with Crippen molar-refractivity contribution in [2.75, 3.05) is 26.7 Å². The van der Waals surface area contributed by atoms with Crippen molar-refractivity contribution in [1.82, 2.24) is 19.4 Å². The Kier molecular flexibility index (Phi) is 9.96. The van der Waals surface area contributed by atoms with Crippen LogP contribution in [0.3, 0.4) is 0 Å². The van der Waals surface area contributed by atoms with Crippen molar-refractivity contribution in [3.05, 3.63) is 101 Å². The fourth-order valence-corrected chi connectivity index (χ4v) is 8.60. The smallest absolute Gasteiger partial charge is 0.337 e. The van der Waals surface area contributed by atoms with Gasteiger partial charge in [0.25, 0.3) is 12.4 Å². The van der Waals surface area contributed by atoms with E-state index in [1.54, 1.807) is 24.3 Å². The zero-order chi connectivity index (χ0) is 33.8. The molecule has 9 heteroatoms.